The van der Waals surface area contributed by atoms with Crippen LogP contribution in [0.5, 0.6) is 0 Å². The smallest absolute Gasteiger partial charge is 0.225 e. The normalized spacial score (nSPS) is 37.4. The van der Waals surface area contributed by atoms with Gasteiger partial charge in [-0.3, -0.25) is 4.79 Å². The van der Waals surface area contributed by atoms with Crippen molar-refractivity contribution in [3.63, 3.8) is 0 Å². The molecule has 0 aromatic heterocycles. The molecule has 0 heterocycles. The van der Waals surface area contributed by atoms with Gasteiger partial charge >= 0.3 is 0 Å². The number of hydrogen-bond acceptors (Lipinski definition) is 1. The van der Waals surface area contributed by atoms with Crippen molar-refractivity contribution >= 4 is 5.91 Å². The standard InChI is InChI=1S/C14H25NO/c1-10(2)13-6-7-14(8-13,9-13)15-11(16)12(3,4)5/h10H,6-9H2,1-5H3,(H,15,16). The third-order valence-electron chi connectivity index (χ3n) is 4.77. The number of amides is 1. The topological polar surface area (TPSA) is 29.1 Å². The molecule has 3 aliphatic carbocycles. The Morgan fingerprint density at radius 1 is 1.19 bits per heavy atom. The molecule has 0 aliphatic heterocycles. The van der Waals surface area contributed by atoms with Crippen LogP contribution in [0, 0.1) is 16.7 Å². The van der Waals surface area contributed by atoms with Crippen LogP contribution in [-0.2, 0) is 4.79 Å². The van der Waals surface area contributed by atoms with Crippen LogP contribution in [0.15, 0.2) is 0 Å². The number of carbonyl (C=O) groups excluding carboxylic acids is 1. The van der Waals surface area contributed by atoms with E-state index in [1.807, 2.05) is 20.8 Å². The van der Waals surface area contributed by atoms with Gasteiger partial charge in [0.25, 0.3) is 0 Å². The fourth-order valence-corrected chi connectivity index (χ4v) is 3.41. The highest BCUT2D eigenvalue weighted by Gasteiger charge is 2.62. The van der Waals surface area contributed by atoms with Crippen molar-refractivity contribution in [2.75, 3.05) is 0 Å². The molecule has 1 N–H and O–H groups in total. The maximum Gasteiger partial charge on any atom is 0.225 e. The van der Waals surface area contributed by atoms with Crippen molar-refractivity contribution < 1.29 is 4.79 Å². The molecule has 2 nitrogen and oxygen atoms in total. The van der Waals surface area contributed by atoms with Gasteiger partial charge in [-0.15, -0.1) is 0 Å². The third kappa shape index (κ3) is 1.66. The highest BCUT2D eigenvalue weighted by molar-refractivity contribution is 5.82. The summed E-state index contributed by atoms with van der Waals surface area (Å²) in [5, 5.41) is 3.30. The van der Waals surface area contributed by atoms with Crippen LogP contribution in [0.1, 0.15) is 60.3 Å². The quantitative estimate of drug-likeness (QED) is 0.765. The van der Waals surface area contributed by atoms with Crippen LogP contribution < -0.4 is 5.32 Å². The molecule has 2 bridgehead atoms. The Labute approximate surface area is 99.2 Å². The molecule has 0 aromatic carbocycles. The summed E-state index contributed by atoms with van der Waals surface area (Å²) in [5.41, 5.74) is 0.452. The van der Waals surface area contributed by atoms with E-state index in [2.05, 4.69) is 19.2 Å². The average Bonchev–Trinajstić information content (AvgIpc) is 2.57. The molecule has 3 fully saturated rings. The van der Waals surface area contributed by atoms with Crippen LogP contribution in [0.2, 0.25) is 0 Å². The molecule has 0 unspecified atom stereocenters. The zero-order chi connectivity index (χ0) is 12.2. The largest absolute Gasteiger partial charge is 0.350 e. The van der Waals surface area contributed by atoms with E-state index in [1.165, 1.54) is 25.7 Å². The van der Waals surface area contributed by atoms with Crippen LogP contribution in [-0.4, -0.2) is 11.4 Å². The van der Waals surface area contributed by atoms with Gasteiger partial charge in [0.1, 0.15) is 0 Å². The molecular weight excluding hydrogens is 198 g/mol. The Bertz CT molecular complexity index is 305. The zero-order valence-electron chi connectivity index (χ0n) is 11.3. The minimum absolute atomic E-state index is 0.161. The second kappa shape index (κ2) is 3.24. The maximum absolute atomic E-state index is 12.0. The first-order valence-corrected chi connectivity index (χ1v) is 6.52. The summed E-state index contributed by atoms with van der Waals surface area (Å²) in [6.45, 7) is 10.6. The van der Waals surface area contributed by atoms with E-state index in [-0.39, 0.29) is 16.9 Å². The summed E-state index contributed by atoms with van der Waals surface area (Å²) in [5.74, 6) is 0.974. The van der Waals surface area contributed by atoms with Crippen LogP contribution in [0.4, 0.5) is 0 Å². The molecule has 0 radical (unpaired) electrons. The maximum atomic E-state index is 12.0. The summed E-state index contributed by atoms with van der Waals surface area (Å²) >= 11 is 0. The molecule has 3 rings (SSSR count). The van der Waals surface area contributed by atoms with Gasteiger partial charge < -0.3 is 5.32 Å². The van der Waals surface area contributed by atoms with E-state index in [0.717, 1.165) is 5.92 Å². The molecule has 92 valence electrons. The van der Waals surface area contributed by atoms with E-state index < -0.39 is 0 Å². The number of carbonyl (C=O) groups is 1. The minimum atomic E-state index is -0.257. The van der Waals surface area contributed by atoms with Gasteiger partial charge in [-0.25, -0.2) is 0 Å². The van der Waals surface area contributed by atoms with E-state index in [0.29, 0.717) is 5.41 Å². The summed E-state index contributed by atoms with van der Waals surface area (Å²) in [6, 6.07) is 0. The Kier molecular flexibility index (Phi) is 2.42. The van der Waals surface area contributed by atoms with E-state index in [9.17, 15) is 4.79 Å². The van der Waals surface area contributed by atoms with Crippen molar-refractivity contribution in [2.24, 2.45) is 16.7 Å². The molecule has 0 aromatic rings. The van der Waals surface area contributed by atoms with Gasteiger partial charge in [-0.1, -0.05) is 34.6 Å². The lowest BCUT2D eigenvalue weighted by Gasteiger charge is -2.51. The van der Waals surface area contributed by atoms with Gasteiger partial charge in [0.05, 0.1) is 0 Å². The van der Waals surface area contributed by atoms with E-state index in [1.54, 1.807) is 0 Å². The van der Waals surface area contributed by atoms with E-state index in [4.69, 9.17) is 0 Å². The molecule has 3 aliphatic rings. The summed E-state index contributed by atoms with van der Waals surface area (Å²) in [7, 11) is 0. The Balaban J connectivity index is 1.99. The van der Waals surface area contributed by atoms with Crippen LogP contribution in [0.3, 0.4) is 0 Å². The summed E-state index contributed by atoms with van der Waals surface area (Å²) < 4.78 is 0. The van der Waals surface area contributed by atoms with Crippen molar-refractivity contribution in [3.8, 4) is 0 Å². The molecule has 0 spiro atoms. The molecule has 0 atom stereocenters. The van der Waals surface area contributed by atoms with Crippen molar-refractivity contribution in [3.05, 3.63) is 0 Å². The number of hydrogen-bond donors (Lipinski definition) is 1. The van der Waals surface area contributed by atoms with Gasteiger partial charge in [0.2, 0.25) is 5.91 Å². The predicted molar refractivity (Wildman–Crippen MR) is 66.1 cm³/mol. The highest BCUT2D eigenvalue weighted by atomic mass is 16.2. The van der Waals surface area contributed by atoms with Gasteiger partial charge in [-0.05, 0) is 37.0 Å². The average molecular weight is 223 g/mol. The van der Waals surface area contributed by atoms with Crippen molar-refractivity contribution in [1.82, 2.24) is 5.32 Å². The first-order valence-electron chi connectivity index (χ1n) is 6.52. The summed E-state index contributed by atoms with van der Waals surface area (Å²) in [6.07, 6.45) is 4.90. The Morgan fingerprint density at radius 3 is 2.12 bits per heavy atom. The molecule has 1 amide bonds. The SMILES string of the molecule is CC(C)C12CCC(NC(=O)C(C)(C)C)(C1)C2. The minimum Gasteiger partial charge on any atom is -0.350 e. The molecule has 16 heavy (non-hydrogen) atoms. The lowest BCUT2D eigenvalue weighted by molar-refractivity contribution is -0.132. The Hall–Kier alpha value is -0.530. The van der Waals surface area contributed by atoms with Gasteiger partial charge in [0, 0.05) is 11.0 Å². The third-order valence-corrected chi connectivity index (χ3v) is 4.77. The predicted octanol–water partition coefficient (Wildman–Crippen LogP) is 3.12. The Morgan fingerprint density at radius 2 is 1.75 bits per heavy atom. The molecule has 2 heteroatoms. The number of rotatable bonds is 2. The van der Waals surface area contributed by atoms with Gasteiger partial charge in [-0.2, -0.15) is 0 Å². The number of fused-ring (bicyclic) bond motifs is 1. The second-order valence-electron chi connectivity index (χ2n) is 7.36. The molecule has 0 saturated heterocycles. The summed E-state index contributed by atoms with van der Waals surface area (Å²) in [4.78, 5) is 12.0. The number of nitrogens with one attached hydrogen (secondary N) is 1. The fraction of sp³-hybridized carbons (Fsp3) is 0.929. The lowest BCUT2D eigenvalue weighted by atomic mass is 9.59. The fourth-order valence-electron chi connectivity index (χ4n) is 3.41. The lowest BCUT2D eigenvalue weighted by Crippen LogP contribution is -2.58. The van der Waals surface area contributed by atoms with Gasteiger partial charge in [0.15, 0.2) is 0 Å². The molecular formula is C14H25NO. The van der Waals surface area contributed by atoms with Crippen molar-refractivity contribution in [2.45, 2.75) is 65.8 Å². The first-order chi connectivity index (χ1) is 7.19. The van der Waals surface area contributed by atoms with E-state index >= 15 is 0 Å². The highest BCUT2D eigenvalue weighted by Crippen LogP contribution is 2.64. The first kappa shape index (κ1) is 11.9. The van der Waals surface area contributed by atoms with Crippen LogP contribution in [0.25, 0.3) is 0 Å². The van der Waals surface area contributed by atoms with Crippen molar-refractivity contribution in [1.29, 1.82) is 0 Å². The second-order valence-corrected chi connectivity index (χ2v) is 7.36. The zero-order valence-corrected chi connectivity index (χ0v) is 11.3. The molecule has 3 saturated carbocycles. The van der Waals surface area contributed by atoms with Crippen LogP contribution >= 0.6 is 0 Å². The monoisotopic (exact) mass is 223 g/mol.